The molecule has 0 amide bonds. The lowest BCUT2D eigenvalue weighted by Gasteiger charge is -2.12. The summed E-state index contributed by atoms with van der Waals surface area (Å²) in [6.45, 7) is 2.05. The summed E-state index contributed by atoms with van der Waals surface area (Å²) in [5.74, 6) is 0. The van der Waals surface area contributed by atoms with Gasteiger partial charge in [-0.2, -0.15) is 0 Å². The Bertz CT molecular complexity index is 422. The van der Waals surface area contributed by atoms with Gasteiger partial charge in [-0.3, -0.25) is 0 Å². The van der Waals surface area contributed by atoms with Gasteiger partial charge in [0, 0.05) is 11.5 Å². The Morgan fingerprint density at radius 1 is 1.29 bits per heavy atom. The van der Waals surface area contributed by atoms with Crippen LogP contribution in [-0.2, 0) is 4.57 Å². The summed E-state index contributed by atoms with van der Waals surface area (Å²) in [5.41, 5.74) is 1.23. The van der Waals surface area contributed by atoms with E-state index in [1.165, 1.54) is 5.57 Å². The Hall–Kier alpha value is -0.330. The van der Waals surface area contributed by atoms with Crippen molar-refractivity contribution in [2.24, 2.45) is 0 Å². The number of halogens is 1. The quantitative estimate of drug-likeness (QED) is 0.712. The fraction of sp³-hybridized carbons (Fsp3) is 0.273. The highest BCUT2D eigenvalue weighted by Crippen LogP contribution is 2.62. The molecule has 0 aliphatic carbocycles. The molecule has 1 aromatic carbocycles. The fourth-order valence-electron chi connectivity index (χ4n) is 1.75. The maximum absolute atomic E-state index is 12.7. The minimum absolute atomic E-state index is 0.781. The van der Waals surface area contributed by atoms with Gasteiger partial charge >= 0.3 is 0 Å². The number of hydrogen-bond donors (Lipinski definition) is 0. The van der Waals surface area contributed by atoms with Crippen LogP contribution in [0.1, 0.15) is 13.3 Å². The molecule has 0 saturated heterocycles. The van der Waals surface area contributed by atoms with Crippen LogP contribution in [0, 0.1) is 0 Å². The van der Waals surface area contributed by atoms with E-state index in [0.29, 0.717) is 0 Å². The monoisotopic (exact) mass is 270 g/mol. The molecule has 0 fully saturated rings. The largest absolute Gasteiger partial charge is 0.313 e. The first-order valence-electron chi connectivity index (χ1n) is 4.65. The van der Waals surface area contributed by atoms with E-state index in [4.69, 9.17) is 0 Å². The summed E-state index contributed by atoms with van der Waals surface area (Å²) in [6, 6.07) is 9.77. The second kappa shape index (κ2) is 3.67. The number of rotatable bonds is 1. The smallest absolute Gasteiger partial charge is 0.150 e. The van der Waals surface area contributed by atoms with Gasteiger partial charge in [0.1, 0.15) is 7.14 Å². The number of benzene rings is 1. The molecular weight excluding hydrogens is 259 g/mol. The van der Waals surface area contributed by atoms with Crippen molar-refractivity contribution in [2.45, 2.75) is 13.3 Å². The molecule has 1 aliphatic rings. The van der Waals surface area contributed by atoms with Gasteiger partial charge in [-0.25, -0.2) is 0 Å². The zero-order valence-electron chi connectivity index (χ0n) is 8.03. The zero-order valence-corrected chi connectivity index (χ0v) is 10.5. The van der Waals surface area contributed by atoms with Crippen molar-refractivity contribution in [3.8, 4) is 0 Å². The van der Waals surface area contributed by atoms with Crippen molar-refractivity contribution in [1.29, 1.82) is 0 Å². The Kier molecular flexibility index (Phi) is 2.68. The summed E-state index contributed by atoms with van der Waals surface area (Å²) >= 11 is 3.48. The third kappa shape index (κ3) is 1.51. The van der Waals surface area contributed by atoms with Gasteiger partial charge in [0.05, 0.1) is 4.22 Å². The highest BCUT2D eigenvalue weighted by Gasteiger charge is 2.34. The summed E-state index contributed by atoms with van der Waals surface area (Å²) in [7, 11) is -2.27. The lowest BCUT2D eigenvalue weighted by atomic mass is 10.3. The van der Waals surface area contributed by atoms with E-state index in [2.05, 4.69) is 15.9 Å². The van der Waals surface area contributed by atoms with Crippen LogP contribution < -0.4 is 5.30 Å². The van der Waals surface area contributed by atoms with E-state index in [-0.39, 0.29) is 0 Å². The molecule has 0 aromatic heterocycles. The maximum atomic E-state index is 12.7. The Morgan fingerprint density at radius 2 is 1.93 bits per heavy atom. The Labute approximate surface area is 92.7 Å². The molecule has 3 heteroatoms. The number of hydrogen-bond acceptors (Lipinski definition) is 1. The van der Waals surface area contributed by atoms with E-state index in [1.54, 1.807) is 0 Å². The van der Waals surface area contributed by atoms with Crippen molar-refractivity contribution in [2.75, 3.05) is 6.16 Å². The predicted octanol–water partition coefficient (Wildman–Crippen LogP) is 3.71. The topological polar surface area (TPSA) is 17.1 Å². The molecular formula is C11H12BrOP. The molecule has 1 aliphatic heterocycles. The van der Waals surface area contributed by atoms with E-state index in [9.17, 15) is 4.57 Å². The molecule has 1 atom stereocenters. The van der Waals surface area contributed by atoms with Crippen molar-refractivity contribution >= 4 is 28.4 Å². The molecule has 1 nitrogen and oxygen atoms in total. The van der Waals surface area contributed by atoms with Crippen molar-refractivity contribution in [1.82, 2.24) is 0 Å². The molecule has 14 heavy (non-hydrogen) atoms. The Morgan fingerprint density at radius 3 is 2.43 bits per heavy atom. The van der Waals surface area contributed by atoms with Crippen LogP contribution >= 0.6 is 23.1 Å². The second-order valence-corrected chi connectivity index (χ2v) is 7.92. The van der Waals surface area contributed by atoms with Crippen LogP contribution in [0.4, 0.5) is 0 Å². The van der Waals surface area contributed by atoms with Crippen molar-refractivity contribution in [3.05, 3.63) is 40.1 Å². The van der Waals surface area contributed by atoms with Crippen LogP contribution in [0.2, 0.25) is 0 Å². The first kappa shape index (κ1) is 10.2. The van der Waals surface area contributed by atoms with Crippen LogP contribution in [0.15, 0.2) is 40.1 Å². The molecule has 0 radical (unpaired) electrons. The molecule has 2 rings (SSSR count). The van der Waals surface area contributed by atoms with Crippen molar-refractivity contribution in [3.63, 3.8) is 0 Å². The average Bonchev–Trinajstić information content (AvgIpc) is 2.49. The van der Waals surface area contributed by atoms with E-state index >= 15 is 0 Å². The van der Waals surface area contributed by atoms with Crippen LogP contribution in [0.5, 0.6) is 0 Å². The molecule has 0 unspecified atom stereocenters. The second-order valence-electron chi connectivity index (χ2n) is 3.62. The van der Waals surface area contributed by atoms with Gasteiger partial charge in [0.25, 0.3) is 0 Å². The van der Waals surface area contributed by atoms with E-state index < -0.39 is 7.14 Å². The lowest BCUT2D eigenvalue weighted by molar-refractivity contribution is 0.587. The average molecular weight is 271 g/mol. The van der Waals surface area contributed by atoms with Gasteiger partial charge in [-0.05, 0) is 29.3 Å². The third-order valence-electron chi connectivity index (χ3n) is 2.64. The van der Waals surface area contributed by atoms with Gasteiger partial charge < -0.3 is 4.57 Å². The molecule has 1 aromatic rings. The van der Waals surface area contributed by atoms with Gasteiger partial charge in [-0.15, -0.1) is 0 Å². The standard InChI is InChI=1S/C11H12BrOP/c1-9-7-8-14(13,11(9)12)10-5-3-2-4-6-10/h2-6H,7-8H2,1H3/t14-/m1/s1. The zero-order chi connectivity index (χ0) is 10.2. The van der Waals surface area contributed by atoms with Crippen molar-refractivity contribution < 1.29 is 4.57 Å². The van der Waals surface area contributed by atoms with Gasteiger partial charge in [0.2, 0.25) is 0 Å². The summed E-state index contributed by atoms with van der Waals surface area (Å²) in [6.07, 6.45) is 1.73. The minimum atomic E-state index is -2.27. The SMILES string of the molecule is CC1=C(Br)[P@](=O)(c2ccccc2)CC1. The van der Waals surface area contributed by atoms with Gasteiger partial charge in [0.15, 0.2) is 0 Å². The molecule has 74 valence electrons. The highest BCUT2D eigenvalue weighted by molar-refractivity contribution is 9.13. The molecule has 0 N–H and O–H groups in total. The highest BCUT2D eigenvalue weighted by atomic mass is 79.9. The van der Waals surface area contributed by atoms with Crippen LogP contribution in [0.3, 0.4) is 0 Å². The van der Waals surface area contributed by atoms with Gasteiger partial charge in [-0.1, -0.05) is 35.9 Å². The predicted molar refractivity (Wildman–Crippen MR) is 64.8 cm³/mol. The lowest BCUT2D eigenvalue weighted by Crippen LogP contribution is -2.03. The van der Waals surface area contributed by atoms with Crippen LogP contribution in [-0.4, -0.2) is 6.16 Å². The van der Waals surface area contributed by atoms with E-state index in [1.807, 2.05) is 37.3 Å². The third-order valence-corrected chi connectivity index (χ3v) is 8.04. The minimum Gasteiger partial charge on any atom is -0.313 e. The molecule has 0 bridgehead atoms. The summed E-state index contributed by atoms with van der Waals surface area (Å²) in [5, 5.41) is 0.976. The number of allylic oxidation sites excluding steroid dienone is 1. The maximum Gasteiger partial charge on any atom is 0.150 e. The molecule has 1 heterocycles. The molecule has 0 spiro atoms. The fourth-order valence-corrected chi connectivity index (χ4v) is 5.80. The Balaban J connectivity index is 2.51. The normalized spacial score (nSPS) is 27.0. The summed E-state index contributed by atoms with van der Waals surface area (Å²) in [4.78, 5) is 0. The molecule has 0 saturated carbocycles. The van der Waals surface area contributed by atoms with E-state index in [0.717, 1.165) is 22.1 Å². The summed E-state index contributed by atoms with van der Waals surface area (Å²) < 4.78 is 13.6. The first-order valence-corrected chi connectivity index (χ1v) is 7.33. The first-order chi connectivity index (χ1) is 6.64. The van der Waals surface area contributed by atoms with Crippen LogP contribution in [0.25, 0.3) is 0 Å².